The molecule has 3 aromatic heterocycles. The third-order valence-electron chi connectivity index (χ3n) is 4.40. The molecule has 0 atom stereocenters. The van der Waals surface area contributed by atoms with Crippen molar-refractivity contribution in [2.24, 2.45) is 0 Å². The third-order valence-corrected chi connectivity index (χ3v) is 4.40. The molecule has 0 saturated carbocycles. The summed E-state index contributed by atoms with van der Waals surface area (Å²) in [7, 11) is 0. The smallest absolute Gasteiger partial charge is 0.179 e. The number of rotatable bonds is 2. The van der Waals surface area contributed by atoms with Crippen LogP contribution in [0.5, 0.6) is 0 Å². The normalized spacial score (nSPS) is 11.5. The molecule has 0 fully saturated rings. The number of hydrogen-bond acceptors (Lipinski definition) is 4. The summed E-state index contributed by atoms with van der Waals surface area (Å²) < 4.78 is 29.3. The van der Waals surface area contributed by atoms with E-state index in [4.69, 9.17) is 0 Å². The van der Waals surface area contributed by atoms with Crippen molar-refractivity contribution in [2.45, 2.75) is 6.92 Å². The Balaban J connectivity index is 1.77. The minimum Gasteiger partial charge on any atom is -0.352 e. The minimum absolute atomic E-state index is 0.162. The molecule has 132 valence electrons. The van der Waals surface area contributed by atoms with Gasteiger partial charge in [-0.2, -0.15) is 15.3 Å². The molecule has 27 heavy (non-hydrogen) atoms. The highest BCUT2D eigenvalue weighted by Crippen LogP contribution is 2.29. The Hall–Kier alpha value is -3.68. The van der Waals surface area contributed by atoms with Crippen molar-refractivity contribution in [1.82, 2.24) is 29.9 Å². The zero-order chi connectivity index (χ0) is 18.5. The second-order valence-electron chi connectivity index (χ2n) is 6.15. The van der Waals surface area contributed by atoms with E-state index in [1.165, 1.54) is 12.1 Å². The highest BCUT2D eigenvalue weighted by molar-refractivity contribution is 5.88. The van der Waals surface area contributed by atoms with E-state index < -0.39 is 11.6 Å². The van der Waals surface area contributed by atoms with Crippen LogP contribution >= 0.6 is 0 Å². The summed E-state index contributed by atoms with van der Waals surface area (Å²) in [6.45, 7) is 1.76. The van der Waals surface area contributed by atoms with Crippen LogP contribution in [0.4, 0.5) is 8.78 Å². The molecule has 0 aliphatic rings. The van der Waals surface area contributed by atoms with Gasteiger partial charge in [0.15, 0.2) is 17.5 Å². The van der Waals surface area contributed by atoms with Crippen molar-refractivity contribution in [3.05, 3.63) is 66.1 Å². The Morgan fingerprint density at radius 2 is 1.89 bits per heavy atom. The molecule has 0 bridgehead atoms. The first-order valence-corrected chi connectivity index (χ1v) is 8.23. The number of fused-ring (bicyclic) bond motifs is 2. The number of aromatic nitrogens is 6. The maximum absolute atomic E-state index is 14.1. The van der Waals surface area contributed by atoms with E-state index in [9.17, 15) is 8.78 Å². The molecule has 0 radical (unpaired) electrons. The number of halogens is 2. The molecule has 6 nitrogen and oxygen atoms in total. The second-order valence-corrected chi connectivity index (χ2v) is 6.15. The van der Waals surface area contributed by atoms with E-state index in [0.717, 1.165) is 17.0 Å². The van der Waals surface area contributed by atoms with Crippen LogP contribution in [0.1, 0.15) is 5.82 Å². The van der Waals surface area contributed by atoms with Gasteiger partial charge in [0.05, 0.1) is 23.1 Å². The Morgan fingerprint density at radius 1 is 1.04 bits per heavy atom. The zero-order valence-corrected chi connectivity index (χ0v) is 14.1. The molecular formula is C19H12F2N6. The largest absolute Gasteiger partial charge is 0.352 e. The lowest BCUT2D eigenvalue weighted by Crippen LogP contribution is -2.02. The summed E-state index contributed by atoms with van der Waals surface area (Å²) in [5.74, 6) is -0.776. The van der Waals surface area contributed by atoms with Crippen molar-refractivity contribution in [1.29, 1.82) is 0 Å². The first-order chi connectivity index (χ1) is 13.1. The second kappa shape index (κ2) is 5.66. The van der Waals surface area contributed by atoms with Crippen LogP contribution in [0.15, 0.2) is 48.7 Å². The van der Waals surface area contributed by atoms with Crippen LogP contribution in [0.25, 0.3) is 39.0 Å². The summed E-state index contributed by atoms with van der Waals surface area (Å²) in [6.07, 6.45) is 1.60. The van der Waals surface area contributed by atoms with Gasteiger partial charge in [-0.3, -0.25) is 0 Å². The van der Waals surface area contributed by atoms with Crippen LogP contribution in [0.2, 0.25) is 0 Å². The van der Waals surface area contributed by atoms with Gasteiger partial charge in [-0.05, 0) is 31.2 Å². The molecule has 5 aromatic rings. The molecule has 8 heteroatoms. The molecule has 1 N–H and O–H groups in total. The van der Waals surface area contributed by atoms with Crippen molar-refractivity contribution in [3.63, 3.8) is 0 Å². The van der Waals surface area contributed by atoms with Crippen molar-refractivity contribution >= 4 is 21.8 Å². The van der Waals surface area contributed by atoms with Crippen LogP contribution in [0.3, 0.4) is 0 Å². The first-order valence-electron chi connectivity index (χ1n) is 8.23. The summed E-state index contributed by atoms with van der Waals surface area (Å²) in [4.78, 5) is 7.55. The first kappa shape index (κ1) is 15.6. The maximum atomic E-state index is 14.1. The topological polar surface area (TPSA) is 72.3 Å². The van der Waals surface area contributed by atoms with Crippen LogP contribution in [0, 0.1) is 18.6 Å². The summed E-state index contributed by atoms with van der Waals surface area (Å²) in [5.41, 5.74) is 2.42. The Kier molecular flexibility index (Phi) is 3.27. The predicted molar refractivity (Wildman–Crippen MR) is 96.4 cm³/mol. The number of aromatic amines is 1. The zero-order valence-electron chi connectivity index (χ0n) is 14.1. The monoisotopic (exact) mass is 362 g/mol. The molecule has 0 spiro atoms. The van der Waals surface area contributed by atoms with Gasteiger partial charge in [0.25, 0.3) is 0 Å². The van der Waals surface area contributed by atoms with E-state index in [-0.39, 0.29) is 5.39 Å². The number of nitrogens with one attached hydrogen (secondary N) is 1. The SMILES string of the molecule is Cc1nc(-c2cc3c(F)c(F)ccc3[nH]2)n(-c2cnnc3ccccc23)n1. The van der Waals surface area contributed by atoms with Gasteiger partial charge in [-0.25, -0.2) is 18.4 Å². The van der Waals surface area contributed by atoms with Crippen LogP contribution < -0.4 is 0 Å². The van der Waals surface area contributed by atoms with Crippen LogP contribution in [-0.2, 0) is 0 Å². The van der Waals surface area contributed by atoms with Gasteiger partial charge < -0.3 is 4.98 Å². The number of aryl methyl sites for hydroxylation is 1. The average molecular weight is 362 g/mol. The van der Waals surface area contributed by atoms with E-state index in [2.05, 4.69) is 25.3 Å². The lowest BCUT2D eigenvalue weighted by atomic mass is 10.2. The Morgan fingerprint density at radius 3 is 2.78 bits per heavy atom. The summed E-state index contributed by atoms with van der Waals surface area (Å²) >= 11 is 0. The van der Waals surface area contributed by atoms with Crippen molar-refractivity contribution in [2.75, 3.05) is 0 Å². The van der Waals surface area contributed by atoms with Crippen LogP contribution in [-0.4, -0.2) is 29.9 Å². The standard InChI is InChI=1S/C19H12F2N6/c1-10-23-19(16-8-12-14(24-16)7-6-13(20)18(12)21)27(26-10)17-9-22-25-15-5-3-2-4-11(15)17/h2-9,24H,1H3. The molecule has 0 saturated heterocycles. The minimum atomic E-state index is -0.895. The molecule has 3 heterocycles. The lowest BCUT2D eigenvalue weighted by Gasteiger charge is -2.07. The highest BCUT2D eigenvalue weighted by atomic mass is 19.2. The van der Waals surface area contributed by atoms with Gasteiger partial charge in [0.1, 0.15) is 5.82 Å². The molecule has 2 aromatic carbocycles. The molecule has 5 rings (SSSR count). The lowest BCUT2D eigenvalue weighted by molar-refractivity contribution is 0.517. The summed E-state index contributed by atoms with van der Waals surface area (Å²) in [6, 6.07) is 11.7. The maximum Gasteiger partial charge on any atom is 0.179 e. The fourth-order valence-electron chi connectivity index (χ4n) is 3.18. The van der Waals surface area contributed by atoms with E-state index in [0.29, 0.717) is 28.5 Å². The molecule has 0 aliphatic carbocycles. The predicted octanol–water partition coefficient (Wildman–Crippen LogP) is 3.95. The average Bonchev–Trinajstić information content (AvgIpc) is 3.28. The van der Waals surface area contributed by atoms with Gasteiger partial charge in [-0.1, -0.05) is 18.2 Å². The number of nitrogens with zero attached hydrogens (tertiary/aromatic N) is 5. The number of benzene rings is 2. The Labute approximate surface area is 151 Å². The molecular weight excluding hydrogens is 350 g/mol. The van der Waals surface area contributed by atoms with Gasteiger partial charge in [-0.15, -0.1) is 0 Å². The molecule has 0 amide bonds. The fourth-order valence-corrected chi connectivity index (χ4v) is 3.18. The van der Waals surface area contributed by atoms with Gasteiger partial charge >= 0.3 is 0 Å². The highest BCUT2D eigenvalue weighted by Gasteiger charge is 2.18. The van der Waals surface area contributed by atoms with E-state index >= 15 is 0 Å². The van der Waals surface area contributed by atoms with Crippen molar-refractivity contribution in [3.8, 4) is 17.2 Å². The third kappa shape index (κ3) is 2.37. The summed E-state index contributed by atoms with van der Waals surface area (Å²) in [5, 5.41) is 13.6. The quantitative estimate of drug-likeness (QED) is 0.516. The number of H-pyrrole nitrogens is 1. The van der Waals surface area contributed by atoms with Gasteiger partial charge in [0, 0.05) is 16.3 Å². The Bertz CT molecular complexity index is 1320. The van der Waals surface area contributed by atoms with Gasteiger partial charge in [0.2, 0.25) is 0 Å². The number of hydrogen-bond donors (Lipinski definition) is 1. The molecule has 0 aliphatic heterocycles. The van der Waals surface area contributed by atoms with E-state index in [1.807, 2.05) is 24.3 Å². The molecule has 0 unspecified atom stereocenters. The van der Waals surface area contributed by atoms with E-state index in [1.54, 1.807) is 17.8 Å². The van der Waals surface area contributed by atoms with Crippen molar-refractivity contribution < 1.29 is 8.78 Å². The fraction of sp³-hybridized carbons (Fsp3) is 0.0526.